The van der Waals surface area contributed by atoms with Gasteiger partial charge in [0, 0.05) is 5.02 Å². The van der Waals surface area contributed by atoms with Gasteiger partial charge in [-0.05, 0) is 43.4 Å². The molecule has 0 saturated carbocycles. The van der Waals surface area contributed by atoms with Crippen molar-refractivity contribution in [3.8, 4) is 0 Å². The van der Waals surface area contributed by atoms with Crippen LogP contribution in [0.3, 0.4) is 0 Å². The van der Waals surface area contributed by atoms with E-state index in [1.165, 1.54) is 4.90 Å². The average Bonchev–Trinajstić information content (AvgIpc) is 2.63. The number of hydrogen-bond acceptors (Lipinski definition) is 2. The van der Waals surface area contributed by atoms with Gasteiger partial charge in [0.25, 0.3) is 5.91 Å². The van der Waals surface area contributed by atoms with E-state index in [4.69, 9.17) is 11.6 Å². The molecule has 1 heterocycles. The Bertz CT molecular complexity index is 542. The third kappa shape index (κ3) is 3.56. The molecule has 2 rings (SSSR count). The summed E-state index contributed by atoms with van der Waals surface area (Å²) >= 11 is 5.84. The molecule has 1 saturated heterocycles. The van der Waals surface area contributed by atoms with Gasteiger partial charge in [-0.25, -0.2) is 4.79 Å². The van der Waals surface area contributed by atoms with Crippen LogP contribution in [0.15, 0.2) is 24.3 Å². The molecule has 0 bridgehead atoms. The van der Waals surface area contributed by atoms with Gasteiger partial charge in [-0.15, -0.1) is 0 Å². The van der Waals surface area contributed by atoms with Crippen molar-refractivity contribution in [3.63, 3.8) is 0 Å². The van der Waals surface area contributed by atoms with E-state index in [1.54, 1.807) is 19.1 Å². The molecule has 3 amide bonds. The number of nitrogens with one attached hydrogen (secondary N) is 1. The van der Waals surface area contributed by atoms with E-state index in [0.717, 1.165) is 12.0 Å². The van der Waals surface area contributed by atoms with Crippen molar-refractivity contribution in [1.29, 1.82) is 0 Å². The number of amides is 3. The summed E-state index contributed by atoms with van der Waals surface area (Å²) in [6.45, 7) is 6.29. The number of rotatable bonds is 5. The third-order valence-electron chi connectivity index (χ3n) is 3.82. The van der Waals surface area contributed by atoms with Gasteiger partial charge in [0.05, 0.1) is 6.54 Å². The number of imide groups is 1. The number of urea groups is 1. The van der Waals surface area contributed by atoms with E-state index in [0.29, 0.717) is 17.4 Å². The number of carbonyl (C=O) groups is 2. The predicted octanol–water partition coefficient (Wildman–Crippen LogP) is 3.59. The molecule has 0 radical (unpaired) electrons. The lowest BCUT2D eigenvalue weighted by Gasteiger charge is -2.22. The van der Waals surface area contributed by atoms with Crippen molar-refractivity contribution in [2.75, 3.05) is 0 Å². The minimum absolute atomic E-state index is 0.150. The molecule has 0 spiro atoms. The Hall–Kier alpha value is -1.55. The maximum atomic E-state index is 12.5. The van der Waals surface area contributed by atoms with Crippen LogP contribution in [-0.2, 0) is 11.3 Å². The Kier molecular flexibility index (Phi) is 4.57. The zero-order valence-corrected chi connectivity index (χ0v) is 13.4. The SMILES string of the molecule is CC(C)CC[C@@]1(C)NC(=O)N(Cc2ccc(Cl)cc2)C1=O. The number of benzene rings is 1. The van der Waals surface area contributed by atoms with Gasteiger partial charge in [-0.3, -0.25) is 9.69 Å². The fourth-order valence-electron chi connectivity index (χ4n) is 2.41. The second-order valence-electron chi connectivity index (χ2n) is 6.21. The molecule has 1 N–H and O–H groups in total. The van der Waals surface area contributed by atoms with E-state index < -0.39 is 5.54 Å². The topological polar surface area (TPSA) is 49.4 Å². The second kappa shape index (κ2) is 6.06. The lowest BCUT2D eigenvalue weighted by molar-refractivity contribution is -0.131. The highest BCUT2D eigenvalue weighted by Crippen LogP contribution is 2.26. The highest BCUT2D eigenvalue weighted by atomic mass is 35.5. The summed E-state index contributed by atoms with van der Waals surface area (Å²) in [4.78, 5) is 25.9. The second-order valence-corrected chi connectivity index (χ2v) is 6.65. The van der Waals surface area contributed by atoms with Gasteiger partial charge in [0.2, 0.25) is 0 Å². The Morgan fingerprint density at radius 2 is 1.86 bits per heavy atom. The molecule has 0 aromatic heterocycles. The number of carbonyl (C=O) groups excluding carboxylic acids is 2. The molecule has 114 valence electrons. The highest BCUT2D eigenvalue weighted by Gasteiger charge is 2.47. The van der Waals surface area contributed by atoms with Crippen molar-refractivity contribution in [3.05, 3.63) is 34.9 Å². The van der Waals surface area contributed by atoms with Crippen molar-refractivity contribution >= 4 is 23.5 Å². The van der Waals surface area contributed by atoms with Gasteiger partial charge >= 0.3 is 6.03 Å². The molecule has 0 unspecified atom stereocenters. The fourth-order valence-corrected chi connectivity index (χ4v) is 2.54. The van der Waals surface area contributed by atoms with Crippen LogP contribution in [0, 0.1) is 5.92 Å². The van der Waals surface area contributed by atoms with Crippen molar-refractivity contribution in [2.45, 2.75) is 45.7 Å². The van der Waals surface area contributed by atoms with Crippen molar-refractivity contribution < 1.29 is 9.59 Å². The normalized spacial score (nSPS) is 22.0. The van der Waals surface area contributed by atoms with Crippen LogP contribution >= 0.6 is 11.6 Å². The minimum atomic E-state index is -0.784. The summed E-state index contributed by atoms with van der Waals surface area (Å²) < 4.78 is 0. The molecular formula is C16H21ClN2O2. The van der Waals surface area contributed by atoms with Crippen LogP contribution in [0.4, 0.5) is 4.79 Å². The Morgan fingerprint density at radius 3 is 2.43 bits per heavy atom. The fraction of sp³-hybridized carbons (Fsp3) is 0.500. The van der Waals surface area contributed by atoms with Crippen LogP contribution in [0.5, 0.6) is 0 Å². The lowest BCUT2D eigenvalue weighted by atomic mass is 9.92. The van der Waals surface area contributed by atoms with E-state index >= 15 is 0 Å². The highest BCUT2D eigenvalue weighted by molar-refractivity contribution is 6.30. The average molecular weight is 309 g/mol. The molecular weight excluding hydrogens is 288 g/mol. The smallest absolute Gasteiger partial charge is 0.323 e. The molecule has 1 fully saturated rings. The maximum absolute atomic E-state index is 12.5. The van der Waals surface area contributed by atoms with Gasteiger partial charge in [0.15, 0.2) is 0 Å². The first-order valence-electron chi connectivity index (χ1n) is 7.20. The third-order valence-corrected chi connectivity index (χ3v) is 4.07. The summed E-state index contributed by atoms with van der Waals surface area (Å²) in [5, 5.41) is 3.47. The molecule has 1 atom stereocenters. The van der Waals surface area contributed by atoms with Crippen LogP contribution in [0.2, 0.25) is 5.02 Å². The number of hydrogen-bond donors (Lipinski definition) is 1. The van der Waals surface area contributed by atoms with E-state index in [1.807, 2.05) is 12.1 Å². The van der Waals surface area contributed by atoms with E-state index in [9.17, 15) is 9.59 Å². The maximum Gasteiger partial charge on any atom is 0.325 e. The Labute approximate surface area is 130 Å². The van der Waals surface area contributed by atoms with E-state index in [2.05, 4.69) is 19.2 Å². The van der Waals surface area contributed by atoms with Gasteiger partial charge in [0.1, 0.15) is 5.54 Å². The number of halogens is 1. The quantitative estimate of drug-likeness (QED) is 0.845. The first kappa shape index (κ1) is 15.8. The zero-order chi connectivity index (χ0) is 15.6. The summed E-state index contributed by atoms with van der Waals surface area (Å²) in [6, 6.07) is 6.85. The summed E-state index contributed by atoms with van der Waals surface area (Å²) in [7, 11) is 0. The van der Waals surface area contributed by atoms with Crippen LogP contribution in [0.25, 0.3) is 0 Å². The molecule has 1 aliphatic heterocycles. The molecule has 1 aliphatic rings. The van der Waals surface area contributed by atoms with Crippen LogP contribution in [-0.4, -0.2) is 22.4 Å². The minimum Gasteiger partial charge on any atom is -0.323 e. The van der Waals surface area contributed by atoms with Gasteiger partial charge in [-0.1, -0.05) is 37.6 Å². The van der Waals surface area contributed by atoms with Crippen LogP contribution < -0.4 is 5.32 Å². The first-order chi connectivity index (χ1) is 9.82. The Morgan fingerprint density at radius 1 is 1.24 bits per heavy atom. The van der Waals surface area contributed by atoms with Crippen LogP contribution in [0.1, 0.15) is 39.2 Å². The first-order valence-corrected chi connectivity index (χ1v) is 7.58. The number of nitrogens with zero attached hydrogens (tertiary/aromatic N) is 1. The monoisotopic (exact) mass is 308 g/mol. The summed E-state index contributed by atoms with van der Waals surface area (Å²) in [5.74, 6) is 0.347. The largest absolute Gasteiger partial charge is 0.325 e. The molecule has 0 aliphatic carbocycles. The molecule has 1 aromatic rings. The van der Waals surface area contributed by atoms with Gasteiger partial charge in [-0.2, -0.15) is 0 Å². The van der Waals surface area contributed by atoms with Gasteiger partial charge < -0.3 is 5.32 Å². The zero-order valence-electron chi connectivity index (χ0n) is 12.6. The van der Waals surface area contributed by atoms with Crippen molar-refractivity contribution in [1.82, 2.24) is 10.2 Å². The lowest BCUT2D eigenvalue weighted by Crippen LogP contribution is -2.44. The molecule has 21 heavy (non-hydrogen) atoms. The Balaban J connectivity index is 2.09. The molecule has 5 heteroatoms. The predicted molar refractivity (Wildman–Crippen MR) is 83.0 cm³/mol. The molecule has 1 aromatic carbocycles. The van der Waals surface area contributed by atoms with Crippen molar-refractivity contribution in [2.24, 2.45) is 5.92 Å². The summed E-state index contributed by atoms with van der Waals surface area (Å²) in [6.07, 6.45) is 1.56. The van der Waals surface area contributed by atoms with E-state index in [-0.39, 0.29) is 18.5 Å². The molecule has 4 nitrogen and oxygen atoms in total. The standard InChI is InChI=1S/C16H21ClN2O2/c1-11(2)8-9-16(3)14(20)19(15(21)18-16)10-12-4-6-13(17)7-5-12/h4-7,11H,8-10H2,1-3H3,(H,18,21)/t16-/m1/s1. The summed E-state index contributed by atoms with van der Waals surface area (Å²) in [5.41, 5.74) is 0.101.